The van der Waals surface area contributed by atoms with E-state index in [1.165, 1.54) is 12.5 Å². The van der Waals surface area contributed by atoms with Crippen LogP contribution in [0.2, 0.25) is 5.02 Å². The summed E-state index contributed by atoms with van der Waals surface area (Å²) in [5.41, 5.74) is 1.08. The molecule has 1 aromatic heterocycles. The molecular weight excluding hydrogens is 292 g/mol. The molecule has 0 spiro atoms. The molecular formula is C14H13ClN4O2. The van der Waals surface area contributed by atoms with Crippen molar-refractivity contribution < 1.29 is 9.59 Å². The van der Waals surface area contributed by atoms with E-state index in [1.807, 2.05) is 6.07 Å². The highest BCUT2D eigenvalue weighted by atomic mass is 35.5. The molecule has 2 aromatic rings. The average molecular weight is 305 g/mol. The van der Waals surface area contributed by atoms with Crippen LogP contribution in [0.25, 0.3) is 0 Å². The number of carbonyl (C=O) groups excluding carboxylic acids is 2. The smallest absolute Gasteiger partial charge is 0.269 e. The van der Waals surface area contributed by atoms with Gasteiger partial charge in [0.1, 0.15) is 11.7 Å². The zero-order chi connectivity index (χ0) is 14.8. The van der Waals surface area contributed by atoms with Crippen LogP contribution in [0.4, 0.5) is 5.69 Å². The lowest BCUT2D eigenvalue weighted by Crippen LogP contribution is -2.41. The Kier molecular flexibility index (Phi) is 3.62. The van der Waals surface area contributed by atoms with Crippen LogP contribution in [0, 0.1) is 0 Å². The summed E-state index contributed by atoms with van der Waals surface area (Å²) in [6.45, 7) is 0.549. The van der Waals surface area contributed by atoms with Crippen molar-refractivity contribution in [2.24, 2.45) is 0 Å². The first-order valence-electron chi connectivity index (χ1n) is 6.51. The van der Waals surface area contributed by atoms with Gasteiger partial charge in [-0.25, -0.2) is 4.98 Å². The monoisotopic (exact) mass is 304 g/mol. The zero-order valence-corrected chi connectivity index (χ0v) is 11.8. The third-order valence-corrected chi connectivity index (χ3v) is 3.61. The lowest BCUT2D eigenvalue weighted by molar-refractivity contribution is -0.118. The zero-order valence-electron chi connectivity index (χ0n) is 11.0. The Balaban J connectivity index is 1.70. The van der Waals surface area contributed by atoms with E-state index in [0.717, 1.165) is 5.69 Å². The molecule has 2 heterocycles. The van der Waals surface area contributed by atoms with Gasteiger partial charge in [0.2, 0.25) is 5.91 Å². The van der Waals surface area contributed by atoms with Crippen LogP contribution in [-0.2, 0) is 4.79 Å². The number of halogens is 1. The molecule has 0 aliphatic carbocycles. The van der Waals surface area contributed by atoms with Crippen molar-refractivity contribution in [1.29, 1.82) is 0 Å². The van der Waals surface area contributed by atoms with Gasteiger partial charge in [-0.3, -0.25) is 9.59 Å². The van der Waals surface area contributed by atoms with Crippen molar-refractivity contribution in [2.45, 2.75) is 12.5 Å². The van der Waals surface area contributed by atoms with E-state index in [0.29, 0.717) is 23.7 Å². The van der Waals surface area contributed by atoms with Crippen LogP contribution in [0.1, 0.15) is 16.9 Å². The predicted molar refractivity (Wildman–Crippen MR) is 78.3 cm³/mol. The third-order valence-electron chi connectivity index (χ3n) is 3.37. The summed E-state index contributed by atoms with van der Waals surface area (Å²) in [5.74, 6) is -0.469. The Bertz CT molecular complexity index is 671. The highest BCUT2D eigenvalue weighted by Crippen LogP contribution is 2.24. The van der Waals surface area contributed by atoms with Gasteiger partial charge in [-0.05, 0) is 24.6 Å². The number of hydrogen-bond donors (Lipinski definition) is 2. The summed E-state index contributed by atoms with van der Waals surface area (Å²) in [6, 6.07) is 6.58. The summed E-state index contributed by atoms with van der Waals surface area (Å²) in [5, 5.41) is 3.29. The number of aromatic amines is 1. The molecule has 6 nitrogen and oxygen atoms in total. The molecule has 1 aliphatic rings. The van der Waals surface area contributed by atoms with Crippen molar-refractivity contribution in [3.63, 3.8) is 0 Å². The van der Waals surface area contributed by atoms with Gasteiger partial charge >= 0.3 is 0 Å². The second-order valence-electron chi connectivity index (χ2n) is 4.75. The number of aromatic nitrogens is 2. The standard InChI is InChI=1S/C14H13ClN4O2/c15-9-2-1-3-10(6-9)19-5-4-11(14(19)21)18-13(20)12-7-16-8-17-12/h1-3,6-8,11H,4-5H2,(H,16,17)(H,18,20)/t11-/m1/s1. The third kappa shape index (κ3) is 2.75. The number of imidazole rings is 1. The molecule has 7 heteroatoms. The number of H-pyrrole nitrogens is 1. The molecule has 2 N–H and O–H groups in total. The molecule has 0 unspecified atom stereocenters. The number of amides is 2. The minimum absolute atomic E-state index is 0.134. The number of nitrogens with zero attached hydrogens (tertiary/aromatic N) is 2. The Labute approximate surface area is 126 Å². The van der Waals surface area contributed by atoms with Gasteiger partial charge in [0, 0.05) is 17.3 Å². The van der Waals surface area contributed by atoms with Crippen molar-refractivity contribution in [3.05, 3.63) is 47.5 Å². The molecule has 3 rings (SSSR count). The van der Waals surface area contributed by atoms with E-state index in [-0.39, 0.29) is 11.8 Å². The first-order chi connectivity index (χ1) is 10.1. The van der Waals surface area contributed by atoms with Gasteiger partial charge < -0.3 is 15.2 Å². The molecule has 2 amide bonds. The number of rotatable bonds is 3. The predicted octanol–water partition coefficient (Wildman–Crippen LogP) is 1.60. The van der Waals surface area contributed by atoms with Crippen molar-refractivity contribution in [2.75, 3.05) is 11.4 Å². The van der Waals surface area contributed by atoms with Crippen LogP contribution in [-0.4, -0.2) is 34.4 Å². The fourth-order valence-corrected chi connectivity index (χ4v) is 2.51. The highest BCUT2D eigenvalue weighted by molar-refractivity contribution is 6.31. The minimum Gasteiger partial charge on any atom is -0.341 e. The fraction of sp³-hybridized carbons (Fsp3) is 0.214. The SMILES string of the molecule is O=C(N[C@@H]1CCN(c2cccc(Cl)c2)C1=O)c1cnc[nH]1. The summed E-state index contributed by atoms with van der Waals surface area (Å²) >= 11 is 5.94. The lowest BCUT2D eigenvalue weighted by Gasteiger charge is -2.17. The maximum absolute atomic E-state index is 12.4. The van der Waals surface area contributed by atoms with Crippen LogP contribution >= 0.6 is 11.6 Å². The number of anilines is 1. The molecule has 108 valence electrons. The Morgan fingerprint density at radius 3 is 3.05 bits per heavy atom. The summed E-state index contributed by atoms with van der Waals surface area (Å²) in [6.07, 6.45) is 3.40. The molecule has 0 saturated carbocycles. The highest BCUT2D eigenvalue weighted by Gasteiger charge is 2.33. The van der Waals surface area contributed by atoms with E-state index in [1.54, 1.807) is 23.1 Å². The second-order valence-corrected chi connectivity index (χ2v) is 5.19. The van der Waals surface area contributed by atoms with Gasteiger partial charge in [0.25, 0.3) is 5.91 Å². The average Bonchev–Trinajstić information content (AvgIpc) is 3.10. The fourth-order valence-electron chi connectivity index (χ4n) is 2.33. The van der Waals surface area contributed by atoms with Crippen molar-refractivity contribution >= 4 is 29.1 Å². The van der Waals surface area contributed by atoms with E-state index in [9.17, 15) is 9.59 Å². The molecule has 1 saturated heterocycles. The van der Waals surface area contributed by atoms with Crippen LogP contribution in [0.3, 0.4) is 0 Å². The van der Waals surface area contributed by atoms with Gasteiger partial charge in [-0.1, -0.05) is 17.7 Å². The number of nitrogens with one attached hydrogen (secondary N) is 2. The molecule has 1 aliphatic heterocycles. The largest absolute Gasteiger partial charge is 0.341 e. The first kappa shape index (κ1) is 13.6. The maximum atomic E-state index is 12.4. The van der Waals surface area contributed by atoms with E-state index in [4.69, 9.17) is 11.6 Å². The molecule has 1 atom stereocenters. The molecule has 1 fully saturated rings. The Morgan fingerprint density at radius 2 is 2.33 bits per heavy atom. The topological polar surface area (TPSA) is 78.1 Å². The molecule has 0 radical (unpaired) electrons. The maximum Gasteiger partial charge on any atom is 0.269 e. The van der Waals surface area contributed by atoms with Gasteiger partial charge in [-0.2, -0.15) is 0 Å². The second kappa shape index (κ2) is 5.57. The lowest BCUT2D eigenvalue weighted by atomic mass is 10.2. The number of hydrogen-bond acceptors (Lipinski definition) is 3. The molecule has 21 heavy (non-hydrogen) atoms. The Morgan fingerprint density at radius 1 is 1.48 bits per heavy atom. The number of benzene rings is 1. The van der Waals surface area contributed by atoms with Crippen LogP contribution < -0.4 is 10.2 Å². The van der Waals surface area contributed by atoms with E-state index < -0.39 is 6.04 Å². The van der Waals surface area contributed by atoms with Crippen molar-refractivity contribution in [1.82, 2.24) is 15.3 Å². The van der Waals surface area contributed by atoms with E-state index >= 15 is 0 Å². The van der Waals surface area contributed by atoms with Crippen LogP contribution in [0.5, 0.6) is 0 Å². The van der Waals surface area contributed by atoms with Crippen molar-refractivity contribution in [3.8, 4) is 0 Å². The Hall–Kier alpha value is -2.34. The first-order valence-corrected chi connectivity index (χ1v) is 6.89. The summed E-state index contributed by atoms with van der Waals surface area (Å²) < 4.78 is 0. The number of carbonyl (C=O) groups is 2. The molecule has 0 bridgehead atoms. The molecule has 1 aromatic carbocycles. The van der Waals surface area contributed by atoms with E-state index in [2.05, 4.69) is 15.3 Å². The normalized spacial score (nSPS) is 18.0. The van der Waals surface area contributed by atoms with Gasteiger partial charge in [-0.15, -0.1) is 0 Å². The van der Waals surface area contributed by atoms with Gasteiger partial charge in [0.15, 0.2) is 0 Å². The summed E-state index contributed by atoms with van der Waals surface area (Å²) in [7, 11) is 0. The van der Waals surface area contributed by atoms with Crippen LogP contribution in [0.15, 0.2) is 36.8 Å². The minimum atomic E-state index is -0.528. The van der Waals surface area contributed by atoms with Gasteiger partial charge in [0.05, 0.1) is 12.5 Å². The quantitative estimate of drug-likeness (QED) is 0.904. The summed E-state index contributed by atoms with van der Waals surface area (Å²) in [4.78, 5) is 32.4.